The molecule has 1 rings (SSSR count). The first-order valence-corrected chi connectivity index (χ1v) is 9.93. The molecule has 0 bridgehead atoms. The van der Waals surface area contributed by atoms with E-state index in [4.69, 9.17) is 9.26 Å². The minimum atomic E-state index is -1.46. The van der Waals surface area contributed by atoms with Crippen molar-refractivity contribution in [3.05, 3.63) is 11.6 Å². The van der Waals surface area contributed by atoms with E-state index in [0.29, 0.717) is 12.8 Å². The van der Waals surface area contributed by atoms with E-state index in [9.17, 15) is 9.36 Å². The van der Waals surface area contributed by atoms with Crippen molar-refractivity contribution in [1.82, 2.24) is 5.32 Å². The summed E-state index contributed by atoms with van der Waals surface area (Å²) < 4.78 is 21.7. The summed E-state index contributed by atoms with van der Waals surface area (Å²) in [5, 5.41) is 2.90. The van der Waals surface area contributed by atoms with Crippen LogP contribution < -0.4 is 5.32 Å². The fraction of sp³-hybridized carbons (Fsp3) is 0.824. The van der Waals surface area contributed by atoms with Crippen molar-refractivity contribution < 1.29 is 18.6 Å². The number of carbonyl (C=O) groups is 1. The van der Waals surface area contributed by atoms with Crippen molar-refractivity contribution >= 4 is 14.1 Å². The van der Waals surface area contributed by atoms with Crippen molar-refractivity contribution in [2.24, 2.45) is 0 Å². The molecule has 2 unspecified atom stereocenters. The van der Waals surface area contributed by atoms with E-state index in [2.05, 4.69) is 11.4 Å². The third-order valence-electron chi connectivity index (χ3n) is 3.53. The topological polar surface area (TPSA) is 64.6 Å². The molecular formula is C17H31NO4P+. The highest BCUT2D eigenvalue weighted by Crippen LogP contribution is 2.26. The molecule has 2 atom stereocenters. The highest BCUT2D eigenvalue weighted by molar-refractivity contribution is 7.39. The van der Waals surface area contributed by atoms with E-state index >= 15 is 0 Å². The number of hydrogen-bond acceptors (Lipinski definition) is 4. The molecule has 0 heterocycles. The van der Waals surface area contributed by atoms with Crippen LogP contribution in [-0.2, 0) is 13.8 Å². The standard InChI is InChI=1S/C17H30NO4P/c1-5-21-23(20)12-8-6-7-9-14-10-11-15(13-14)18-16(19)22-17(2,3)4/h13,15H,5-12H2,1-4H3/p+1. The number of alkyl carbamates (subject to hydrolysis) is 1. The molecule has 0 fully saturated rings. The second-order valence-corrected chi connectivity index (χ2v) is 8.27. The number of rotatable bonds is 9. The maximum atomic E-state index is 11.7. The van der Waals surface area contributed by atoms with Gasteiger partial charge in [0.25, 0.3) is 0 Å². The highest BCUT2D eigenvalue weighted by atomic mass is 31.1. The van der Waals surface area contributed by atoms with Gasteiger partial charge in [-0.1, -0.05) is 11.6 Å². The summed E-state index contributed by atoms with van der Waals surface area (Å²) in [7, 11) is -1.46. The zero-order valence-corrected chi connectivity index (χ0v) is 15.8. The summed E-state index contributed by atoms with van der Waals surface area (Å²) in [6.07, 6.45) is 8.61. The van der Waals surface area contributed by atoms with Crippen LogP contribution >= 0.6 is 8.03 Å². The van der Waals surface area contributed by atoms with Gasteiger partial charge >= 0.3 is 14.1 Å². The molecule has 0 spiro atoms. The molecule has 0 aromatic rings. The van der Waals surface area contributed by atoms with Crippen molar-refractivity contribution in [2.75, 3.05) is 12.8 Å². The van der Waals surface area contributed by atoms with E-state index in [1.54, 1.807) is 0 Å². The lowest BCUT2D eigenvalue weighted by molar-refractivity contribution is 0.0514. The summed E-state index contributed by atoms with van der Waals surface area (Å²) in [4.78, 5) is 11.7. The van der Waals surface area contributed by atoms with Crippen LogP contribution in [0.3, 0.4) is 0 Å². The van der Waals surface area contributed by atoms with E-state index in [-0.39, 0.29) is 12.1 Å². The average Bonchev–Trinajstić information content (AvgIpc) is 2.83. The van der Waals surface area contributed by atoms with E-state index in [0.717, 1.165) is 38.5 Å². The Morgan fingerprint density at radius 1 is 1.35 bits per heavy atom. The molecule has 1 amide bonds. The number of unbranched alkanes of at least 4 members (excludes halogenated alkanes) is 2. The van der Waals surface area contributed by atoms with Gasteiger partial charge in [0.1, 0.15) is 5.60 Å². The van der Waals surface area contributed by atoms with Gasteiger partial charge in [-0.25, -0.2) is 4.79 Å². The average molecular weight is 344 g/mol. The van der Waals surface area contributed by atoms with Crippen LogP contribution in [0.15, 0.2) is 11.6 Å². The summed E-state index contributed by atoms with van der Waals surface area (Å²) >= 11 is 0. The molecule has 23 heavy (non-hydrogen) atoms. The van der Waals surface area contributed by atoms with Crippen LogP contribution in [0.1, 0.15) is 66.2 Å². The lowest BCUT2D eigenvalue weighted by Gasteiger charge is -2.21. The fourth-order valence-corrected chi connectivity index (χ4v) is 3.45. The van der Waals surface area contributed by atoms with E-state index < -0.39 is 13.6 Å². The predicted octanol–water partition coefficient (Wildman–Crippen LogP) is 4.94. The van der Waals surface area contributed by atoms with Gasteiger partial charge in [-0.3, -0.25) is 0 Å². The second-order valence-electron chi connectivity index (χ2n) is 6.90. The van der Waals surface area contributed by atoms with Crippen LogP contribution in [-0.4, -0.2) is 30.5 Å². The Morgan fingerprint density at radius 2 is 2.09 bits per heavy atom. The van der Waals surface area contributed by atoms with E-state index in [1.165, 1.54) is 5.57 Å². The third kappa shape index (κ3) is 9.72. The molecule has 1 aliphatic rings. The molecular weight excluding hydrogens is 313 g/mol. The van der Waals surface area contributed by atoms with Crippen molar-refractivity contribution in [3.8, 4) is 0 Å². The zero-order valence-electron chi connectivity index (χ0n) is 14.9. The first-order valence-electron chi connectivity index (χ1n) is 8.57. The molecule has 0 saturated heterocycles. The molecule has 132 valence electrons. The normalized spacial score (nSPS) is 18.5. The fourth-order valence-electron chi connectivity index (χ4n) is 2.55. The van der Waals surface area contributed by atoms with Gasteiger partial charge in [0.15, 0.2) is 6.16 Å². The smallest absolute Gasteiger partial charge is 0.444 e. The molecule has 5 nitrogen and oxygen atoms in total. The quantitative estimate of drug-likeness (QED) is 0.365. The van der Waals surface area contributed by atoms with Gasteiger partial charge < -0.3 is 10.1 Å². The molecule has 1 N–H and O–H groups in total. The lowest BCUT2D eigenvalue weighted by Crippen LogP contribution is -2.37. The Labute approximate surface area is 141 Å². The summed E-state index contributed by atoms with van der Waals surface area (Å²) in [6.45, 7) is 7.97. The minimum absolute atomic E-state index is 0.0901. The Morgan fingerprint density at radius 3 is 2.74 bits per heavy atom. The number of carbonyl (C=O) groups excluding carboxylic acids is 1. The van der Waals surface area contributed by atoms with E-state index in [1.807, 2.05) is 27.7 Å². The molecule has 0 aliphatic heterocycles. The first-order chi connectivity index (χ1) is 10.8. The lowest BCUT2D eigenvalue weighted by atomic mass is 10.1. The van der Waals surface area contributed by atoms with Crippen molar-refractivity contribution in [2.45, 2.75) is 77.9 Å². The number of allylic oxidation sites excluding steroid dienone is 1. The highest BCUT2D eigenvalue weighted by Gasteiger charge is 2.21. The Bertz CT molecular complexity index is 429. The number of nitrogens with one attached hydrogen (secondary N) is 1. The zero-order chi connectivity index (χ0) is 17.3. The number of amides is 1. The van der Waals surface area contributed by atoms with Crippen LogP contribution in [0.4, 0.5) is 4.79 Å². The van der Waals surface area contributed by atoms with Crippen molar-refractivity contribution in [3.63, 3.8) is 0 Å². The number of ether oxygens (including phenoxy) is 1. The maximum Gasteiger partial charge on any atom is 0.508 e. The summed E-state index contributed by atoms with van der Waals surface area (Å²) in [5.41, 5.74) is 0.942. The summed E-state index contributed by atoms with van der Waals surface area (Å²) in [5.74, 6) is 0. The third-order valence-corrected chi connectivity index (χ3v) is 4.75. The largest absolute Gasteiger partial charge is 0.508 e. The number of hydrogen-bond donors (Lipinski definition) is 1. The van der Waals surface area contributed by atoms with Crippen LogP contribution in [0.5, 0.6) is 0 Å². The van der Waals surface area contributed by atoms with Gasteiger partial charge in [-0.15, -0.1) is 4.52 Å². The Hall–Kier alpha value is -0.930. The predicted molar refractivity (Wildman–Crippen MR) is 93.0 cm³/mol. The van der Waals surface area contributed by atoms with Crippen molar-refractivity contribution in [1.29, 1.82) is 0 Å². The van der Waals surface area contributed by atoms with Crippen LogP contribution in [0.25, 0.3) is 0 Å². The van der Waals surface area contributed by atoms with Gasteiger partial charge in [-0.05, 0) is 70.8 Å². The van der Waals surface area contributed by atoms with Crippen LogP contribution in [0, 0.1) is 0 Å². The van der Waals surface area contributed by atoms with Gasteiger partial charge in [0, 0.05) is 0 Å². The van der Waals surface area contributed by atoms with Gasteiger partial charge in [0.05, 0.1) is 12.6 Å². The monoisotopic (exact) mass is 344 g/mol. The molecule has 0 saturated carbocycles. The summed E-state index contributed by atoms with van der Waals surface area (Å²) in [6, 6.07) is 0.0901. The molecule has 1 aliphatic carbocycles. The van der Waals surface area contributed by atoms with Gasteiger partial charge in [0.2, 0.25) is 0 Å². The minimum Gasteiger partial charge on any atom is -0.444 e. The molecule has 6 heteroatoms. The Kier molecular flexibility index (Phi) is 8.78. The SMILES string of the molecule is CCO[P+](=O)CCCCCC1=CC(NC(=O)OC(C)(C)C)CC1. The Balaban J connectivity index is 2.17. The molecule has 0 aromatic carbocycles. The first kappa shape index (κ1) is 20.1. The van der Waals surface area contributed by atoms with Gasteiger partial charge in [-0.2, -0.15) is 0 Å². The molecule has 0 aromatic heterocycles. The maximum absolute atomic E-state index is 11.7. The molecule has 0 radical (unpaired) electrons. The van der Waals surface area contributed by atoms with Crippen LogP contribution in [0.2, 0.25) is 0 Å². The second kappa shape index (κ2) is 10.0.